The van der Waals surface area contributed by atoms with E-state index in [0.717, 1.165) is 38.2 Å². The number of nitrogens with one attached hydrogen (secondary N) is 1. The molecule has 0 aliphatic carbocycles. The molecular formula is C10H20N2O. The molecule has 3 atom stereocenters. The highest BCUT2D eigenvalue weighted by Crippen LogP contribution is 2.18. The lowest BCUT2D eigenvalue weighted by molar-refractivity contribution is -0.0362. The van der Waals surface area contributed by atoms with E-state index in [0.29, 0.717) is 6.10 Å². The zero-order valence-corrected chi connectivity index (χ0v) is 8.62. The monoisotopic (exact) mass is 184 g/mol. The third kappa shape index (κ3) is 2.03. The zero-order chi connectivity index (χ0) is 9.26. The highest BCUT2D eigenvalue weighted by atomic mass is 16.5. The molecule has 3 heteroatoms. The van der Waals surface area contributed by atoms with Gasteiger partial charge in [-0.3, -0.25) is 4.90 Å². The van der Waals surface area contributed by atoms with Gasteiger partial charge in [0.05, 0.1) is 12.7 Å². The van der Waals surface area contributed by atoms with Crippen LogP contribution in [0.25, 0.3) is 0 Å². The van der Waals surface area contributed by atoms with Crippen LogP contribution in [0.15, 0.2) is 0 Å². The average Bonchev–Trinajstić information content (AvgIpc) is 2.51. The second-order valence-electron chi connectivity index (χ2n) is 4.38. The number of hydrogen-bond acceptors (Lipinski definition) is 3. The molecule has 0 spiro atoms. The molecule has 2 heterocycles. The molecule has 0 amide bonds. The molecule has 0 radical (unpaired) electrons. The van der Waals surface area contributed by atoms with Crippen LogP contribution in [-0.4, -0.2) is 49.8 Å². The molecule has 0 saturated carbocycles. The Morgan fingerprint density at radius 3 is 2.77 bits per heavy atom. The summed E-state index contributed by atoms with van der Waals surface area (Å²) < 4.78 is 5.54. The third-order valence-electron chi connectivity index (χ3n) is 3.22. The molecule has 76 valence electrons. The molecule has 0 aromatic carbocycles. The quantitative estimate of drug-likeness (QED) is 0.635. The van der Waals surface area contributed by atoms with Crippen LogP contribution in [0, 0.1) is 5.92 Å². The summed E-state index contributed by atoms with van der Waals surface area (Å²) in [6.07, 6.45) is 0.418. The molecular weight excluding hydrogens is 164 g/mol. The van der Waals surface area contributed by atoms with Gasteiger partial charge in [-0.05, 0) is 19.4 Å². The van der Waals surface area contributed by atoms with Gasteiger partial charge in [0.15, 0.2) is 0 Å². The van der Waals surface area contributed by atoms with Crippen LogP contribution in [0.1, 0.15) is 13.8 Å². The van der Waals surface area contributed by atoms with Crippen LogP contribution >= 0.6 is 0 Å². The third-order valence-corrected chi connectivity index (χ3v) is 3.22. The Balaban J connectivity index is 1.91. The summed E-state index contributed by atoms with van der Waals surface area (Å²) in [5.74, 6) is 0.797. The van der Waals surface area contributed by atoms with Gasteiger partial charge < -0.3 is 10.1 Å². The standard InChI is InChI=1S/C10H20N2O/c1-8-5-11-6-10(8)12-3-4-13-9(2)7-12/h8-11H,3-7H2,1-2H3. The van der Waals surface area contributed by atoms with Crippen LogP contribution in [0.3, 0.4) is 0 Å². The van der Waals surface area contributed by atoms with Crippen molar-refractivity contribution >= 4 is 0 Å². The van der Waals surface area contributed by atoms with Gasteiger partial charge in [0, 0.05) is 25.7 Å². The fourth-order valence-electron chi connectivity index (χ4n) is 2.43. The number of ether oxygens (including phenoxy) is 1. The van der Waals surface area contributed by atoms with E-state index in [9.17, 15) is 0 Å². The van der Waals surface area contributed by atoms with Gasteiger partial charge in [-0.15, -0.1) is 0 Å². The minimum absolute atomic E-state index is 0.418. The summed E-state index contributed by atoms with van der Waals surface area (Å²) >= 11 is 0. The van der Waals surface area contributed by atoms with E-state index in [1.165, 1.54) is 6.54 Å². The van der Waals surface area contributed by atoms with Crippen LogP contribution in [0.5, 0.6) is 0 Å². The SMILES string of the molecule is CC1CN(C2CNCC2C)CCO1. The number of hydrogen-bond donors (Lipinski definition) is 1. The van der Waals surface area contributed by atoms with E-state index >= 15 is 0 Å². The first kappa shape index (κ1) is 9.44. The molecule has 2 aliphatic rings. The topological polar surface area (TPSA) is 24.5 Å². The van der Waals surface area contributed by atoms with Crippen LogP contribution < -0.4 is 5.32 Å². The maximum Gasteiger partial charge on any atom is 0.0674 e. The van der Waals surface area contributed by atoms with Gasteiger partial charge in [0.1, 0.15) is 0 Å². The Morgan fingerprint density at radius 1 is 1.31 bits per heavy atom. The Bertz CT molecular complexity index is 174. The van der Waals surface area contributed by atoms with E-state index in [1.54, 1.807) is 0 Å². The van der Waals surface area contributed by atoms with Crippen molar-refractivity contribution in [2.75, 3.05) is 32.8 Å². The molecule has 3 nitrogen and oxygen atoms in total. The van der Waals surface area contributed by atoms with E-state index in [-0.39, 0.29) is 0 Å². The molecule has 2 rings (SSSR count). The van der Waals surface area contributed by atoms with Gasteiger partial charge in [0.2, 0.25) is 0 Å². The van der Waals surface area contributed by atoms with Crippen molar-refractivity contribution in [2.45, 2.75) is 26.0 Å². The molecule has 2 saturated heterocycles. The predicted octanol–water partition coefficient (Wildman–Crippen LogP) is 0.315. The summed E-state index contributed by atoms with van der Waals surface area (Å²) in [6.45, 7) is 9.97. The summed E-state index contributed by atoms with van der Waals surface area (Å²) in [6, 6.07) is 0.742. The molecule has 13 heavy (non-hydrogen) atoms. The Morgan fingerprint density at radius 2 is 2.15 bits per heavy atom. The lowest BCUT2D eigenvalue weighted by Crippen LogP contribution is -2.49. The van der Waals surface area contributed by atoms with E-state index in [2.05, 4.69) is 24.1 Å². The number of rotatable bonds is 1. The lowest BCUT2D eigenvalue weighted by atomic mass is 10.0. The van der Waals surface area contributed by atoms with Crippen molar-refractivity contribution in [3.05, 3.63) is 0 Å². The first-order valence-electron chi connectivity index (χ1n) is 5.33. The summed E-state index contributed by atoms with van der Waals surface area (Å²) in [4.78, 5) is 2.58. The molecule has 1 N–H and O–H groups in total. The van der Waals surface area contributed by atoms with E-state index in [1.807, 2.05) is 0 Å². The second-order valence-corrected chi connectivity index (χ2v) is 4.38. The highest BCUT2D eigenvalue weighted by molar-refractivity contribution is 4.87. The van der Waals surface area contributed by atoms with E-state index < -0.39 is 0 Å². The van der Waals surface area contributed by atoms with Crippen molar-refractivity contribution < 1.29 is 4.74 Å². The minimum atomic E-state index is 0.418. The number of nitrogens with zero attached hydrogens (tertiary/aromatic N) is 1. The van der Waals surface area contributed by atoms with Gasteiger partial charge in [0.25, 0.3) is 0 Å². The maximum atomic E-state index is 5.54. The Kier molecular flexibility index (Phi) is 2.86. The lowest BCUT2D eigenvalue weighted by Gasteiger charge is -2.36. The average molecular weight is 184 g/mol. The van der Waals surface area contributed by atoms with Crippen molar-refractivity contribution in [1.29, 1.82) is 0 Å². The molecule has 2 aliphatic heterocycles. The normalized spacial score (nSPS) is 42.5. The van der Waals surface area contributed by atoms with Crippen LogP contribution in [-0.2, 0) is 4.74 Å². The number of morpholine rings is 1. The zero-order valence-electron chi connectivity index (χ0n) is 8.62. The van der Waals surface area contributed by atoms with Crippen molar-refractivity contribution in [2.24, 2.45) is 5.92 Å². The Labute approximate surface area is 80.4 Å². The first-order chi connectivity index (χ1) is 6.27. The van der Waals surface area contributed by atoms with Crippen LogP contribution in [0.2, 0.25) is 0 Å². The second kappa shape index (κ2) is 3.95. The largest absolute Gasteiger partial charge is 0.376 e. The van der Waals surface area contributed by atoms with Gasteiger partial charge in [-0.25, -0.2) is 0 Å². The molecule has 0 bridgehead atoms. The highest BCUT2D eigenvalue weighted by Gasteiger charge is 2.31. The smallest absolute Gasteiger partial charge is 0.0674 e. The molecule has 0 aromatic rings. The summed E-state index contributed by atoms with van der Waals surface area (Å²) in [5.41, 5.74) is 0. The first-order valence-corrected chi connectivity index (χ1v) is 5.33. The van der Waals surface area contributed by atoms with Crippen LogP contribution in [0.4, 0.5) is 0 Å². The fraction of sp³-hybridized carbons (Fsp3) is 1.00. The molecule has 0 aromatic heterocycles. The van der Waals surface area contributed by atoms with Crippen molar-refractivity contribution in [1.82, 2.24) is 10.2 Å². The van der Waals surface area contributed by atoms with Crippen molar-refractivity contribution in [3.8, 4) is 0 Å². The molecule has 3 unspecified atom stereocenters. The van der Waals surface area contributed by atoms with Crippen molar-refractivity contribution in [3.63, 3.8) is 0 Å². The summed E-state index contributed by atoms with van der Waals surface area (Å²) in [5, 5.41) is 3.45. The maximum absolute atomic E-state index is 5.54. The molecule has 2 fully saturated rings. The minimum Gasteiger partial charge on any atom is -0.376 e. The van der Waals surface area contributed by atoms with Gasteiger partial charge >= 0.3 is 0 Å². The Hall–Kier alpha value is -0.120. The summed E-state index contributed by atoms with van der Waals surface area (Å²) in [7, 11) is 0. The van der Waals surface area contributed by atoms with E-state index in [4.69, 9.17) is 4.74 Å². The predicted molar refractivity (Wildman–Crippen MR) is 52.8 cm³/mol. The fourth-order valence-corrected chi connectivity index (χ4v) is 2.43. The van der Waals surface area contributed by atoms with Gasteiger partial charge in [-0.2, -0.15) is 0 Å². The van der Waals surface area contributed by atoms with Gasteiger partial charge in [-0.1, -0.05) is 6.92 Å².